The monoisotopic (exact) mass is 234 g/mol. The summed E-state index contributed by atoms with van der Waals surface area (Å²) in [6, 6.07) is 6.11. The van der Waals surface area contributed by atoms with Gasteiger partial charge in [-0.25, -0.2) is 4.39 Å². The SMILES string of the molecule is NC(=O)c1cn(Cc2cccc(F)c2)nc1N. The molecular weight excluding hydrogens is 223 g/mol. The van der Waals surface area contributed by atoms with Crippen molar-refractivity contribution in [2.45, 2.75) is 6.54 Å². The van der Waals surface area contributed by atoms with E-state index in [1.807, 2.05) is 0 Å². The van der Waals surface area contributed by atoms with E-state index in [0.29, 0.717) is 6.54 Å². The van der Waals surface area contributed by atoms with Gasteiger partial charge in [0.2, 0.25) is 0 Å². The van der Waals surface area contributed by atoms with E-state index in [2.05, 4.69) is 5.10 Å². The Balaban J connectivity index is 2.25. The molecule has 0 atom stereocenters. The molecule has 1 aromatic heterocycles. The second kappa shape index (κ2) is 4.25. The maximum atomic E-state index is 13.0. The molecule has 4 N–H and O–H groups in total. The highest BCUT2D eigenvalue weighted by atomic mass is 19.1. The lowest BCUT2D eigenvalue weighted by molar-refractivity contribution is 0.100. The Morgan fingerprint density at radius 2 is 2.24 bits per heavy atom. The topological polar surface area (TPSA) is 86.9 Å². The summed E-state index contributed by atoms with van der Waals surface area (Å²) < 4.78 is 14.4. The van der Waals surface area contributed by atoms with E-state index in [4.69, 9.17) is 11.5 Å². The van der Waals surface area contributed by atoms with E-state index in [9.17, 15) is 9.18 Å². The molecule has 1 heterocycles. The average molecular weight is 234 g/mol. The molecule has 17 heavy (non-hydrogen) atoms. The van der Waals surface area contributed by atoms with Crippen LogP contribution < -0.4 is 11.5 Å². The number of carbonyl (C=O) groups excluding carboxylic acids is 1. The Hall–Kier alpha value is -2.37. The van der Waals surface area contributed by atoms with Crippen molar-refractivity contribution < 1.29 is 9.18 Å². The predicted octanol–water partition coefficient (Wildman–Crippen LogP) is 0.752. The summed E-state index contributed by atoms with van der Waals surface area (Å²) in [6.45, 7) is 0.329. The summed E-state index contributed by atoms with van der Waals surface area (Å²) in [4.78, 5) is 11.0. The number of nitrogens with two attached hydrogens (primary N) is 2. The third-order valence-corrected chi connectivity index (χ3v) is 2.29. The van der Waals surface area contributed by atoms with E-state index in [1.54, 1.807) is 12.1 Å². The minimum atomic E-state index is -0.631. The van der Waals surface area contributed by atoms with Gasteiger partial charge in [0.1, 0.15) is 11.4 Å². The van der Waals surface area contributed by atoms with Crippen LogP contribution in [-0.2, 0) is 6.54 Å². The highest BCUT2D eigenvalue weighted by molar-refractivity contribution is 5.96. The van der Waals surface area contributed by atoms with Crippen molar-refractivity contribution in [3.63, 3.8) is 0 Å². The molecule has 1 amide bonds. The Morgan fingerprint density at radius 1 is 1.47 bits per heavy atom. The van der Waals surface area contributed by atoms with Gasteiger partial charge in [0.15, 0.2) is 5.82 Å². The zero-order chi connectivity index (χ0) is 12.4. The number of primary amides is 1. The molecule has 0 aliphatic carbocycles. The Bertz CT molecular complexity index is 564. The van der Waals surface area contributed by atoms with E-state index in [-0.39, 0.29) is 17.2 Å². The molecule has 0 aliphatic heterocycles. The van der Waals surface area contributed by atoms with Crippen LogP contribution >= 0.6 is 0 Å². The van der Waals surface area contributed by atoms with Gasteiger partial charge in [0, 0.05) is 6.20 Å². The summed E-state index contributed by atoms with van der Waals surface area (Å²) in [6.07, 6.45) is 1.45. The number of amides is 1. The first-order valence-electron chi connectivity index (χ1n) is 4.93. The van der Waals surface area contributed by atoms with E-state index in [0.717, 1.165) is 5.56 Å². The molecule has 0 unspecified atom stereocenters. The van der Waals surface area contributed by atoms with Crippen molar-refractivity contribution in [3.05, 3.63) is 47.4 Å². The largest absolute Gasteiger partial charge is 0.382 e. The third-order valence-electron chi connectivity index (χ3n) is 2.29. The fourth-order valence-corrected chi connectivity index (χ4v) is 1.53. The van der Waals surface area contributed by atoms with Gasteiger partial charge in [-0.2, -0.15) is 5.10 Å². The van der Waals surface area contributed by atoms with Crippen molar-refractivity contribution in [2.75, 3.05) is 5.73 Å². The highest BCUT2D eigenvalue weighted by Crippen LogP contribution is 2.10. The van der Waals surface area contributed by atoms with Gasteiger partial charge < -0.3 is 11.5 Å². The van der Waals surface area contributed by atoms with Gasteiger partial charge >= 0.3 is 0 Å². The molecule has 0 saturated heterocycles. The van der Waals surface area contributed by atoms with Crippen LogP contribution in [0.25, 0.3) is 0 Å². The first-order valence-corrected chi connectivity index (χ1v) is 4.93. The first kappa shape index (κ1) is 11.1. The van der Waals surface area contributed by atoms with Crippen molar-refractivity contribution in [2.24, 2.45) is 5.73 Å². The second-order valence-corrected chi connectivity index (χ2v) is 3.62. The number of anilines is 1. The molecule has 0 aliphatic rings. The van der Waals surface area contributed by atoms with Crippen LogP contribution in [0.15, 0.2) is 30.5 Å². The molecular formula is C11H11FN4O. The number of rotatable bonds is 3. The highest BCUT2D eigenvalue weighted by Gasteiger charge is 2.10. The van der Waals surface area contributed by atoms with Crippen molar-refractivity contribution in [3.8, 4) is 0 Å². The molecule has 2 rings (SSSR count). The minimum Gasteiger partial charge on any atom is -0.382 e. The molecule has 0 fully saturated rings. The number of hydrogen-bond donors (Lipinski definition) is 2. The molecule has 1 aromatic carbocycles. The van der Waals surface area contributed by atoms with Crippen LogP contribution in [0, 0.1) is 5.82 Å². The second-order valence-electron chi connectivity index (χ2n) is 3.62. The van der Waals surface area contributed by atoms with Crippen LogP contribution in [0.3, 0.4) is 0 Å². The zero-order valence-electron chi connectivity index (χ0n) is 8.93. The molecule has 0 radical (unpaired) electrons. The number of nitrogens with zero attached hydrogens (tertiary/aromatic N) is 2. The Labute approximate surface area is 96.8 Å². The van der Waals surface area contributed by atoms with E-state index < -0.39 is 5.91 Å². The molecule has 0 bridgehead atoms. The molecule has 6 heteroatoms. The maximum absolute atomic E-state index is 13.0. The van der Waals surface area contributed by atoms with Gasteiger partial charge in [-0.3, -0.25) is 9.48 Å². The fraction of sp³-hybridized carbons (Fsp3) is 0.0909. The van der Waals surface area contributed by atoms with Crippen LogP contribution in [0.5, 0.6) is 0 Å². The summed E-state index contributed by atoms with van der Waals surface area (Å²) in [7, 11) is 0. The summed E-state index contributed by atoms with van der Waals surface area (Å²) >= 11 is 0. The average Bonchev–Trinajstić information content (AvgIpc) is 2.59. The minimum absolute atomic E-state index is 0.0777. The lowest BCUT2D eigenvalue weighted by Crippen LogP contribution is -2.11. The zero-order valence-corrected chi connectivity index (χ0v) is 8.93. The standard InChI is InChI=1S/C11H11FN4O/c12-8-3-1-2-7(4-8)5-16-6-9(11(14)17)10(13)15-16/h1-4,6H,5H2,(H2,13,15)(H2,14,17). The number of carbonyl (C=O) groups is 1. The number of nitrogen functional groups attached to an aromatic ring is 1. The van der Waals surface area contributed by atoms with Gasteiger partial charge in [-0.1, -0.05) is 12.1 Å². The molecule has 5 nitrogen and oxygen atoms in total. The molecule has 2 aromatic rings. The third kappa shape index (κ3) is 2.41. The van der Waals surface area contributed by atoms with Gasteiger partial charge in [-0.05, 0) is 17.7 Å². The molecule has 0 saturated carbocycles. The van der Waals surface area contributed by atoms with Crippen molar-refractivity contribution in [1.29, 1.82) is 0 Å². The van der Waals surface area contributed by atoms with Gasteiger partial charge in [0.25, 0.3) is 5.91 Å². The van der Waals surface area contributed by atoms with E-state index >= 15 is 0 Å². The number of aromatic nitrogens is 2. The Morgan fingerprint density at radius 3 is 2.82 bits per heavy atom. The lowest BCUT2D eigenvalue weighted by Gasteiger charge is -2.01. The number of hydrogen-bond acceptors (Lipinski definition) is 3. The van der Waals surface area contributed by atoms with Crippen LogP contribution in [-0.4, -0.2) is 15.7 Å². The van der Waals surface area contributed by atoms with Crippen LogP contribution in [0.4, 0.5) is 10.2 Å². The molecule has 88 valence electrons. The maximum Gasteiger partial charge on any atom is 0.254 e. The number of halogens is 1. The quantitative estimate of drug-likeness (QED) is 0.821. The molecule has 0 spiro atoms. The van der Waals surface area contributed by atoms with Crippen molar-refractivity contribution >= 4 is 11.7 Å². The normalized spacial score (nSPS) is 10.4. The van der Waals surface area contributed by atoms with Crippen molar-refractivity contribution in [1.82, 2.24) is 9.78 Å². The lowest BCUT2D eigenvalue weighted by atomic mass is 10.2. The summed E-state index contributed by atoms with van der Waals surface area (Å²) in [5, 5.41) is 3.93. The van der Waals surface area contributed by atoms with Gasteiger partial charge in [-0.15, -0.1) is 0 Å². The van der Waals surface area contributed by atoms with Crippen LogP contribution in [0.2, 0.25) is 0 Å². The smallest absolute Gasteiger partial charge is 0.254 e. The van der Waals surface area contributed by atoms with Crippen LogP contribution in [0.1, 0.15) is 15.9 Å². The predicted molar refractivity (Wildman–Crippen MR) is 60.7 cm³/mol. The number of benzene rings is 1. The first-order chi connectivity index (χ1) is 8.06. The summed E-state index contributed by atoms with van der Waals surface area (Å²) in [5.41, 5.74) is 11.5. The van der Waals surface area contributed by atoms with E-state index in [1.165, 1.54) is 23.0 Å². The van der Waals surface area contributed by atoms with Gasteiger partial charge in [0.05, 0.1) is 6.54 Å². The summed E-state index contributed by atoms with van der Waals surface area (Å²) in [5.74, 6) is -0.875. The Kier molecular flexibility index (Phi) is 2.78. The fourth-order valence-electron chi connectivity index (χ4n) is 1.53.